The molecule has 3 heteroatoms. The maximum atomic E-state index is 5.57. The van der Waals surface area contributed by atoms with Crippen molar-refractivity contribution in [1.29, 1.82) is 0 Å². The number of likely N-dealkylation sites (tertiary alicyclic amines) is 1. The lowest BCUT2D eigenvalue weighted by Crippen LogP contribution is -2.56. The van der Waals surface area contributed by atoms with Gasteiger partial charge < -0.3 is 10.5 Å². The van der Waals surface area contributed by atoms with Gasteiger partial charge in [-0.1, -0.05) is 0 Å². The molecule has 2 saturated heterocycles. The van der Waals surface area contributed by atoms with Crippen LogP contribution in [-0.4, -0.2) is 43.8 Å². The minimum Gasteiger partial charge on any atom is -0.380 e. The van der Waals surface area contributed by atoms with Crippen LogP contribution in [0.1, 0.15) is 12.8 Å². The van der Waals surface area contributed by atoms with Gasteiger partial charge in [0, 0.05) is 25.7 Å². The van der Waals surface area contributed by atoms with Crippen molar-refractivity contribution in [3.63, 3.8) is 0 Å². The van der Waals surface area contributed by atoms with E-state index in [1.165, 1.54) is 25.9 Å². The van der Waals surface area contributed by atoms with Gasteiger partial charge in [0.2, 0.25) is 0 Å². The third kappa shape index (κ3) is 1.63. The first-order valence-corrected chi connectivity index (χ1v) is 4.92. The van der Waals surface area contributed by atoms with Gasteiger partial charge in [-0.25, -0.2) is 0 Å². The summed E-state index contributed by atoms with van der Waals surface area (Å²) in [7, 11) is 0. The van der Waals surface area contributed by atoms with Crippen molar-refractivity contribution < 1.29 is 4.74 Å². The highest BCUT2D eigenvalue weighted by atomic mass is 16.5. The fourth-order valence-corrected chi connectivity index (χ4v) is 2.07. The lowest BCUT2D eigenvalue weighted by atomic mass is 9.96. The maximum absolute atomic E-state index is 5.57. The van der Waals surface area contributed by atoms with Crippen molar-refractivity contribution in [3.8, 4) is 0 Å². The summed E-state index contributed by atoms with van der Waals surface area (Å²) < 4.78 is 5.43. The molecular formula is C9H18N2O. The summed E-state index contributed by atoms with van der Waals surface area (Å²) in [6.07, 6.45) is 2.55. The van der Waals surface area contributed by atoms with Crippen LogP contribution in [0.5, 0.6) is 0 Å². The average molecular weight is 170 g/mol. The van der Waals surface area contributed by atoms with Crippen molar-refractivity contribution in [2.24, 2.45) is 11.7 Å². The van der Waals surface area contributed by atoms with Crippen LogP contribution in [0.4, 0.5) is 0 Å². The number of nitrogens with zero attached hydrogens (tertiary/aromatic N) is 1. The van der Waals surface area contributed by atoms with Crippen LogP contribution in [0.3, 0.4) is 0 Å². The van der Waals surface area contributed by atoms with E-state index in [1.54, 1.807) is 0 Å². The van der Waals surface area contributed by atoms with Gasteiger partial charge in [0.1, 0.15) is 0 Å². The Morgan fingerprint density at radius 2 is 2.25 bits per heavy atom. The van der Waals surface area contributed by atoms with Crippen molar-refractivity contribution in [1.82, 2.24) is 4.90 Å². The Bertz CT molecular complexity index is 139. The second-order valence-electron chi connectivity index (χ2n) is 3.93. The number of hydrogen-bond donors (Lipinski definition) is 1. The fraction of sp³-hybridized carbons (Fsp3) is 1.00. The topological polar surface area (TPSA) is 38.5 Å². The molecular weight excluding hydrogens is 152 g/mol. The highest BCUT2D eigenvalue weighted by Crippen LogP contribution is 2.22. The third-order valence-electron chi connectivity index (χ3n) is 2.97. The largest absolute Gasteiger partial charge is 0.380 e. The monoisotopic (exact) mass is 170 g/mol. The Kier molecular flexibility index (Phi) is 2.63. The molecule has 2 heterocycles. The Balaban J connectivity index is 1.72. The summed E-state index contributed by atoms with van der Waals surface area (Å²) in [6, 6.07) is 0.696. The van der Waals surface area contributed by atoms with Gasteiger partial charge in [-0.15, -0.1) is 0 Å². The first-order valence-electron chi connectivity index (χ1n) is 4.92. The first kappa shape index (κ1) is 8.48. The van der Waals surface area contributed by atoms with Gasteiger partial charge >= 0.3 is 0 Å². The van der Waals surface area contributed by atoms with E-state index in [9.17, 15) is 0 Å². The van der Waals surface area contributed by atoms with E-state index in [0.717, 1.165) is 25.7 Å². The summed E-state index contributed by atoms with van der Waals surface area (Å²) in [5.74, 6) is 0.756. The molecule has 12 heavy (non-hydrogen) atoms. The molecule has 1 atom stereocenters. The number of hydrogen-bond acceptors (Lipinski definition) is 3. The molecule has 2 rings (SSSR count). The Hall–Kier alpha value is -0.120. The molecule has 0 amide bonds. The smallest absolute Gasteiger partial charge is 0.0621 e. The summed E-state index contributed by atoms with van der Waals surface area (Å²) >= 11 is 0. The van der Waals surface area contributed by atoms with Crippen molar-refractivity contribution >= 4 is 0 Å². The lowest BCUT2D eigenvalue weighted by molar-refractivity contribution is -0.0281. The first-order chi connectivity index (χ1) is 5.90. The highest BCUT2D eigenvalue weighted by molar-refractivity contribution is 4.86. The second kappa shape index (κ2) is 3.73. The van der Waals surface area contributed by atoms with Gasteiger partial charge in [-0.05, 0) is 25.3 Å². The van der Waals surface area contributed by atoms with Crippen LogP contribution in [0.2, 0.25) is 0 Å². The van der Waals surface area contributed by atoms with Crippen LogP contribution >= 0.6 is 0 Å². The van der Waals surface area contributed by atoms with Gasteiger partial charge in [0.15, 0.2) is 0 Å². The van der Waals surface area contributed by atoms with E-state index in [4.69, 9.17) is 10.5 Å². The molecule has 0 spiro atoms. The molecule has 2 N–H and O–H groups in total. The van der Waals surface area contributed by atoms with E-state index in [0.29, 0.717) is 6.04 Å². The van der Waals surface area contributed by atoms with Crippen LogP contribution in [0, 0.1) is 5.92 Å². The molecule has 0 saturated carbocycles. The Labute approximate surface area is 73.9 Å². The number of nitrogens with two attached hydrogens (primary N) is 1. The molecule has 0 aromatic carbocycles. The van der Waals surface area contributed by atoms with Crippen LogP contribution in [-0.2, 0) is 4.74 Å². The standard InChI is InChI=1S/C9H18N2O/c10-4-8-5-11(6-8)9-2-1-3-12-7-9/h8-9H,1-7,10H2. The Morgan fingerprint density at radius 1 is 1.42 bits per heavy atom. The van der Waals surface area contributed by atoms with E-state index in [2.05, 4.69) is 4.90 Å². The fourth-order valence-electron chi connectivity index (χ4n) is 2.07. The van der Waals surface area contributed by atoms with Crippen molar-refractivity contribution in [2.75, 3.05) is 32.8 Å². The second-order valence-corrected chi connectivity index (χ2v) is 3.93. The highest BCUT2D eigenvalue weighted by Gasteiger charge is 2.32. The lowest BCUT2D eigenvalue weighted by Gasteiger charge is -2.45. The molecule has 0 radical (unpaired) electrons. The zero-order valence-corrected chi connectivity index (χ0v) is 7.54. The predicted molar refractivity (Wildman–Crippen MR) is 48.0 cm³/mol. The molecule has 2 aliphatic rings. The molecule has 1 unspecified atom stereocenters. The van der Waals surface area contributed by atoms with Crippen LogP contribution < -0.4 is 5.73 Å². The molecule has 0 aromatic rings. The molecule has 2 aliphatic heterocycles. The minimum absolute atomic E-state index is 0.696. The molecule has 2 fully saturated rings. The van der Waals surface area contributed by atoms with Gasteiger partial charge in [-0.2, -0.15) is 0 Å². The molecule has 0 aromatic heterocycles. The molecule has 3 nitrogen and oxygen atoms in total. The van der Waals surface area contributed by atoms with Gasteiger partial charge in [-0.3, -0.25) is 4.90 Å². The van der Waals surface area contributed by atoms with Gasteiger partial charge in [0.05, 0.1) is 6.61 Å². The quantitative estimate of drug-likeness (QED) is 0.636. The molecule has 70 valence electrons. The summed E-state index contributed by atoms with van der Waals surface area (Å²) in [5, 5.41) is 0. The third-order valence-corrected chi connectivity index (χ3v) is 2.97. The molecule has 0 bridgehead atoms. The average Bonchev–Trinajstić information content (AvgIpc) is 2.04. The number of rotatable bonds is 2. The van der Waals surface area contributed by atoms with E-state index in [-0.39, 0.29) is 0 Å². The van der Waals surface area contributed by atoms with Crippen LogP contribution in [0.25, 0.3) is 0 Å². The van der Waals surface area contributed by atoms with E-state index in [1.807, 2.05) is 0 Å². The molecule has 0 aliphatic carbocycles. The van der Waals surface area contributed by atoms with E-state index < -0.39 is 0 Å². The zero-order chi connectivity index (χ0) is 8.39. The summed E-state index contributed by atoms with van der Waals surface area (Å²) in [6.45, 7) is 5.15. The summed E-state index contributed by atoms with van der Waals surface area (Å²) in [4.78, 5) is 2.51. The van der Waals surface area contributed by atoms with Crippen LogP contribution in [0.15, 0.2) is 0 Å². The zero-order valence-electron chi connectivity index (χ0n) is 7.54. The van der Waals surface area contributed by atoms with Gasteiger partial charge in [0.25, 0.3) is 0 Å². The van der Waals surface area contributed by atoms with Crippen molar-refractivity contribution in [3.05, 3.63) is 0 Å². The SMILES string of the molecule is NCC1CN(C2CCCOC2)C1. The normalized spacial score (nSPS) is 33.2. The predicted octanol–water partition coefficient (Wildman–Crippen LogP) is 0.0559. The maximum Gasteiger partial charge on any atom is 0.0621 e. The van der Waals surface area contributed by atoms with Crippen molar-refractivity contribution in [2.45, 2.75) is 18.9 Å². The summed E-state index contributed by atoms with van der Waals surface area (Å²) in [5.41, 5.74) is 5.57. The van der Waals surface area contributed by atoms with E-state index >= 15 is 0 Å². The minimum atomic E-state index is 0.696. The Morgan fingerprint density at radius 3 is 2.83 bits per heavy atom. The number of ether oxygens (including phenoxy) is 1.